The average molecular weight is 267 g/mol. The summed E-state index contributed by atoms with van der Waals surface area (Å²) in [5, 5.41) is 11.7. The van der Waals surface area contributed by atoms with Crippen LogP contribution >= 0.6 is 0 Å². The van der Waals surface area contributed by atoms with E-state index in [2.05, 4.69) is 10.3 Å². The van der Waals surface area contributed by atoms with Crippen molar-refractivity contribution in [2.24, 2.45) is 0 Å². The van der Waals surface area contributed by atoms with Gasteiger partial charge in [0.2, 0.25) is 5.91 Å². The first-order valence-corrected chi connectivity index (χ1v) is 6.04. The lowest BCUT2D eigenvalue weighted by atomic mass is 10.2. The van der Waals surface area contributed by atoms with Crippen molar-refractivity contribution in [1.29, 1.82) is 5.26 Å². The summed E-state index contributed by atoms with van der Waals surface area (Å²) in [6.45, 7) is 1.65. The van der Waals surface area contributed by atoms with Gasteiger partial charge in [-0.3, -0.25) is 4.79 Å². The molecule has 1 aromatic carbocycles. The van der Waals surface area contributed by atoms with Crippen LogP contribution < -0.4 is 10.1 Å². The molecule has 0 saturated heterocycles. The molecule has 0 bridgehead atoms. The molecule has 0 saturated carbocycles. The number of amides is 1. The second-order valence-corrected chi connectivity index (χ2v) is 4.09. The van der Waals surface area contributed by atoms with E-state index < -0.39 is 0 Å². The van der Waals surface area contributed by atoms with Crippen molar-refractivity contribution in [3.63, 3.8) is 0 Å². The highest BCUT2D eigenvalue weighted by Gasteiger charge is 2.07. The van der Waals surface area contributed by atoms with Gasteiger partial charge < -0.3 is 10.1 Å². The largest absolute Gasteiger partial charge is 0.487 e. The van der Waals surface area contributed by atoms with E-state index in [0.29, 0.717) is 22.7 Å². The Morgan fingerprint density at radius 2 is 2.15 bits per heavy atom. The molecule has 0 fully saturated rings. The van der Waals surface area contributed by atoms with Crippen LogP contribution in [0, 0.1) is 11.3 Å². The molecule has 0 aliphatic carbocycles. The van der Waals surface area contributed by atoms with Crippen LogP contribution in [0.3, 0.4) is 0 Å². The van der Waals surface area contributed by atoms with Crippen molar-refractivity contribution in [3.05, 3.63) is 53.9 Å². The Morgan fingerprint density at radius 3 is 2.90 bits per heavy atom. The molecule has 1 N–H and O–H groups in total. The van der Waals surface area contributed by atoms with Crippen molar-refractivity contribution in [2.45, 2.75) is 13.5 Å². The number of carbonyl (C=O) groups is 1. The maximum Gasteiger partial charge on any atom is 0.221 e. The quantitative estimate of drug-likeness (QED) is 0.923. The summed E-state index contributed by atoms with van der Waals surface area (Å²) in [5.74, 6) is 0.385. The van der Waals surface area contributed by atoms with Crippen molar-refractivity contribution in [2.75, 3.05) is 5.32 Å². The molecule has 0 spiro atoms. The molecule has 1 aromatic heterocycles. The monoisotopic (exact) mass is 267 g/mol. The molecule has 5 heteroatoms. The highest BCUT2D eigenvalue weighted by molar-refractivity contribution is 5.90. The average Bonchev–Trinajstić information content (AvgIpc) is 2.46. The van der Waals surface area contributed by atoms with Gasteiger partial charge in [-0.15, -0.1) is 0 Å². The molecule has 0 aliphatic rings. The lowest BCUT2D eigenvalue weighted by molar-refractivity contribution is -0.114. The summed E-state index contributed by atoms with van der Waals surface area (Å²) in [6.07, 6.45) is 1.56. The lowest BCUT2D eigenvalue weighted by Crippen LogP contribution is -2.08. The van der Waals surface area contributed by atoms with Crippen LogP contribution in [0.25, 0.3) is 0 Å². The molecular formula is C15H13N3O2. The first-order valence-electron chi connectivity index (χ1n) is 6.04. The molecule has 1 amide bonds. The molecule has 0 unspecified atom stereocenters. The Bertz CT molecular complexity index is 662. The second-order valence-electron chi connectivity index (χ2n) is 4.09. The zero-order valence-corrected chi connectivity index (χ0v) is 11.0. The van der Waals surface area contributed by atoms with Crippen molar-refractivity contribution in [3.8, 4) is 11.8 Å². The highest BCUT2D eigenvalue weighted by Crippen LogP contribution is 2.24. The number of nitriles is 1. The Balaban J connectivity index is 2.15. The number of aromatic nitrogens is 1. The van der Waals surface area contributed by atoms with Gasteiger partial charge in [0.1, 0.15) is 24.1 Å². The third kappa shape index (κ3) is 3.33. The summed E-state index contributed by atoms with van der Waals surface area (Å²) in [6, 6.07) is 12.7. The summed E-state index contributed by atoms with van der Waals surface area (Å²) in [5.41, 5.74) is 1.64. The standard InChI is InChI=1S/C15H13N3O2/c1-11(19)18-13-6-2-3-7-15(13)20-10-12-5-4-8-17-14(12)9-16/h2-8H,10H2,1H3,(H,18,19). The number of anilines is 1. The van der Waals surface area contributed by atoms with Crippen molar-refractivity contribution >= 4 is 11.6 Å². The Hall–Kier alpha value is -2.87. The van der Waals surface area contributed by atoms with Gasteiger partial charge in [0.15, 0.2) is 0 Å². The van der Waals surface area contributed by atoms with Gasteiger partial charge in [0.25, 0.3) is 0 Å². The Kier molecular flexibility index (Phi) is 4.30. The third-order valence-electron chi connectivity index (χ3n) is 2.58. The van der Waals surface area contributed by atoms with Gasteiger partial charge in [-0.2, -0.15) is 5.26 Å². The molecule has 100 valence electrons. The van der Waals surface area contributed by atoms with Crippen LogP contribution in [0.15, 0.2) is 42.6 Å². The number of carbonyl (C=O) groups excluding carboxylic acids is 1. The fraction of sp³-hybridized carbons (Fsp3) is 0.133. The molecule has 0 radical (unpaired) electrons. The summed E-state index contributed by atoms with van der Waals surface area (Å²) >= 11 is 0. The second kappa shape index (κ2) is 6.34. The van der Waals surface area contributed by atoms with Crippen LogP contribution in [-0.2, 0) is 11.4 Å². The van der Waals surface area contributed by atoms with Crippen LogP contribution in [-0.4, -0.2) is 10.9 Å². The van der Waals surface area contributed by atoms with E-state index in [9.17, 15) is 4.79 Å². The van der Waals surface area contributed by atoms with Crippen molar-refractivity contribution < 1.29 is 9.53 Å². The summed E-state index contributed by atoms with van der Waals surface area (Å²) in [7, 11) is 0. The SMILES string of the molecule is CC(=O)Nc1ccccc1OCc1cccnc1C#N. The van der Waals surface area contributed by atoms with Gasteiger partial charge in [-0.05, 0) is 18.2 Å². The first-order chi connectivity index (χ1) is 9.70. The van der Waals surface area contributed by atoms with E-state index in [4.69, 9.17) is 10.00 Å². The van der Waals surface area contributed by atoms with E-state index in [-0.39, 0.29) is 12.5 Å². The lowest BCUT2D eigenvalue weighted by Gasteiger charge is -2.11. The minimum atomic E-state index is -0.167. The van der Waals surface area contributed by atoms with Crippen LogP contribution in [0.5, 0.6) is 5.75 Å². The molecule has 0 atom stereocenters. The van der Waals surface area contributed by atoms with Crippen LogP contribution in [0.1, 0.15) is 18.2 Å². The predicted molar refractivity (Wildman–Crippen MR) is 74.0 cm³/mol. The number of para-hydroxylation sites is 2. The number of benzene rings is 1. The van der Waals surface area contributed by atoms with Crippen molar-refractivity contribution in [1.82, 2.24) is 4.98 Å². The van der Waals surface area contributed by atoms with Crippen LogP contribution in [0.4, 0.5) is 5.69 Å². The van der Waals surface area contributed by atoms with Gasteiger partial charge in [-0.25, -0.2) is 4.98 Å². The van der Waals surface area contributed by atoms with Crippen LogP contribution in [0.2, 0.25) is 0 Å². The molecule has 2 rings (SSSR count). The molecule has 20 heavy (non-hydrogen) atoms. The molecule has 5 nitrogen and oxygen atoms in total. The molecule has 0 aliphatic heterocycles. The first kappa shape index (κ1) is 13.6. The highest BCUT2D eigenvalue weighted by atomic mass is 16.5. The number of hydrogen-bond donors (Lipinski definition) is 1. The van der Waals surface area contributed by atoms with E-state index in [1.54, 1.807) is 30.5 Å². The van der Waals surface area contributed by atoms with Gasteiger partial charge in [-0.1, -0.05) is 18.2 Å². The smallest absolute Gasteiger partial charge is 0.221 e. The predicted octanol–water partition coefficient (Wildman–Crippen LogP) is 2.49. The molecule has 1 heterocycles. The number of pyridine rings is 1. The van der Waals surface area contributed by atoms with E-state index in [1.807, 2.05) is 18.2 Å². The number of ether oxygens (including phenoxy) is 1. The number of rotatable bonds is 4. The maximum atomic E-state index is 11.1. The molecular weight excluding hydrogens is 254 g/mol. The topological polar surface area (TPSA) is 75.0 Å². The summed E-state index contributed by atoms with van der Waals surface area (Å²) in [4.78, 5) is 15.1. The minimum Gasteiger partial charge on any atom is -0.487 e. The third-order valence-corrected chi connectivity index (χ3v) is 2.58. The fourth-order valence-electron chi connectivity index (χ4n) is 1.70. The van der Waals surface area contributed by atoms with Gasteiger partial charge in [0, 0.05) is 18.7 Å². The number of hydrogen-bond acceptors (Lipinski definition) is 4. The van der Waals surface area contributed by atoms with Gasteiger partial charge in [0.05, 0.1) is 5.69 Å². The molecule has 2 aromatic rings. The zero-order chi connectivity index (χ0) is 14.4. The normalized spacial score (nSPS) is 9.60. The van der Waals surface area contributed by atoms with E-state index >= 15 is 0 Å². The fourth-order valence-corrected chi connectivity index (χ4v) is 1.70. The number of nitrogens with zero attached hydrogens (tertiary/aromatic N) is 2. The minimum absolute atomic E-state index is 0.167. The Morgan fingerprint density at radius 1 is 1.35 bits per heavy atom. The maximum absolute atomic E-state index is 11.1. The Labute approximate surface area is 116 Å². The summed E-state index contributed by atoms with van der Waals surface area (Å²) < 4.78 is 5.66. The van der Waals surface area contributed by atoms with Gasteiger partial charge >= 0.3 is 0 Å². The van der Waals surface area contributed by atoms with E-state index in [1.165, 1.54) is 6.92 Å². The number of nitrogens with one attached hydrogen (secondary N) is 1. The van der Waals surface area contributed by atoms with E-state index in [0.717, 1.165) is 0 Å². The zero-order valence-electron chi connectivity index (χ0n) is 11.0.